The summed E-state index contributed by atoms with van der Waals surface area (Å²) in [5.41, 5.74) is 3.08. The predicted octanol–water partition coefficient (Wildman–Crippen LogP) is 2.61. The number of likely N-dealkylation sites (tertiary alicyclic amines) is 1. The first kappa shape index (κ1) is 12.2. The molecule has 0 bridgehead atoms. The van der Waals surface area contributed by atoms with E-state index in [4.69, 9.17) is 0 Å². The van der Waals surface area contributed by atoms with Gasteiger partial charge in [0, 0.05) is 32.1 Å². The molecule has 1 N–H and O–H groups in total. The van der Waals surface area contributed by atoms with Crippen LogP contribution in [0.2, 0.25) is 0 Å². The number of hydrogen-bond donors (Lipinski definition) is 1. The number of nitrogens with one attached hydrogen (secondary N) is 1. The highest BCUT2D eigenvalue weighted by atomic mass is 15.1. The van der Waals surface area contributed by atoms with Crippen molar-refractivity contribution in [3.63, 3.8) is 0 Å². The second-order valence-corrected chi connectivity index (χ2v) is 6.03. The van der Waals surface area contributed by atoms with Crippen LogP contribution in [0.15, 0.2) is 24.3 Å². The van der Waals surface area contributed by atoms with Gasteiger partial charge in [-0.05, 0) is 36.4 Å². The zero-order valence-corrected chi connectivity index (χ0v) is 11.4. The molecule has 1 aromatic carbocycles. The highest BCUT2D eigenvalue weighted by molar-refractivity contribution is 5.32. The Morgan fingerprint density at radius 3 is 3.11 bits per heavy atom. The molecule has 0 aliphatic carbocycles. The van der Waals surface area contributed by atoms with Gasteiger partial charge >= 0.3 is 0 Å². The Morgan fingerprint density at radius 2 is 2.22 bits per heavy atom. The third-order valence-corrected chi connectivity index (χ3v) is 4.42. The summed E-state index contributed by atoms with van der Waals surface area (Å²) >= 11 is 0. The van der Waals surface area contributed by atoms with Crippen molar-refractivity contribution in [2.45, 2.75) is 32.2 Å². The maximum absolute atomic E-state index is 3.57. The Balaban J connectivity index is 1.70. The van der Waals surface area contributed by atoms with Gasteiger partial charge in [0.2, 0.25) is 0 Å². The fraction of sp³-hybridized carbons (Fsp3) is 0.625. The summed E-state index contributed by atoms with van der Waals surface area (Å²) in [6, 6.07) is 8.95. The standard InChI is InChI=1S/C16H24N2/c1-13-5-4-8-18(11-13)12-15-10-17-9-14-6-2-3-7-16(14)15/h2-3,6-7,13,15,17H,4-5,8-12H2,1H3. The summed E-state index contributed by atoms with van der Waals surface area (Å²) in [6.07, 6.45) is 2.79. The van der Waals surface area contributed by atoms with E-state index in [2.05, 4.69) is 41.4 Å². The molecule has 1 fully saturated rings. The van der Waals surface area contributed by atoms with Crippen molar-refractivity contribution in [1.82, 2.24) is 10.2 Å². The van der Waals surface area contributed by atoms with Gasteiger partial charge in [-0.1, -0.05) is 31.2 Å². The molecule has 2 aliphatic rings. The summed E-state index contributed by atoms with van der Waals surface area (Å²) in [4.78, 5) is 2.67. The van der Waals surface area contributed by atoms with Crippen LogP contribution in [0.1, 0.15) is 36.8 Å². The van der Waals surface area contributed by atoms with Crippen LogP contribution in [0.3, 0.4) is 0 Å². The van der Waals surface area contributed by atoms with Crippen molar-refractivity contribution in [2.24, 2.45) is 5.92 Å². The quantitative estimate of drug-likeness (QED) is 0.860. The molecule has 0 amide bonds. The zero-order chi connectivity index (χ0) is 12.4. The van der Waals surface area contributed by atoms with E-state index in [0.717, 1.165) is 19.0 Å². The van der Waals surface area contributed by atoms with Crippen LogP contribution in [0.25, 0.3) is 0 Å². The second-order valence-electron chi connectivity index (χ2n) is 6.03. The van der Waals surface area contributed by atoms with Gasteiger partial charge in [0.1, 0.15) is 0 Å². The van der Waals surface area contributed by atoms with Crippen molar-refractivity contribution < 1.29 is 0 Å². The lowest BCUT2D eigenvalue weighted by Gasteiger charge is -2.35. The molecule has 2 atom stereocenters. The monoisotopic (exact) mass is 244 g/mol. The maximum atomic E-state index is 3.57. The number of rotatable bonds is 2. The Bertz CT molecular complexity index is 402. The normalized spacial score (nSPS) is 28.9. The lowest BCUT2D eigenvalue weighted by molar-refractivity contribution is 0.171. The maximum Gasteiger partial charge on any atom is 0.0208 e. The summed E-state index contributed by atoms with van der Waals surface area (Å²) in [7, 11) is 0. The number of piperidine rings is 1. The van der Waals surface area contributed by atoms with Gasteiger partial charge in [-0.2, -0.15) is 0 Å². The lowest BCUT2D eigenvalue weighted by Crippen LogP contribution is -2.41. The minimum atomic E-state index is 0.681. The Labute approximate surface area is 110 Å². The number of hydrogen-bond acceptors (Lipinski definition) is 2. The molecule has 0 saturated carbocycles. The van der Waals surface area contributed by atoms with Gasteiger partial charge in [-0.15, -0.1) is 0 Å². The van der Waals surface area contributed by atoms with Crippen LogP contribution in [0.5, 0.6) is 0 Å². The molecule has 98 valence electrons. The highest BCUT2D eigenvalue weighted by Crippen LogP contribution is 2.26. The number of benzene rings is 1. The third-order valence-electron chi connectivity index (χ3n) is 4.42. The van der Waals surface area contributed by atoms with Gasteiger partial charge in [0.25, 0.3) is 0 Å². The Morgan fingerprint density at radius 1 is 1.33 bits per heavy atom. The molecule has 0 radical (unpaired) electrons. The van der Waals surface area contributed by atoms with Crippen LogP contribution >= 0.6 is 0 Å². The fourth-order valence-corrected chi connectivity index (χ4v) is 3.51. The average molecular weight is 244 g/mol. The van der Waals surface area contributed by atoms with Crippen molar-refractivity contribution >= 4 is 0 Å². The van der Waals surface area contributed by atoms with Crippen molar-refractivity contribution in [1.29, 1.82) is 0 Å². The van der Waals surface area contributed by atoms with Crippen LogP contribution in [0, 0.1) is 5.92 Å². The number of nitrogens with zero attached hydrogens (tertiary/aromatic N) is 1. The topological polar surface area (TPSA) is 15.3 Å². The summed E-state index contributed by atoms with van der Waals surface area (Å²) in [6.45, 7) is 8.39. The average Bonchev–Trinajstić information content (AvgIpc) is 2.39. The van der Waals surface area contributed by atoms with E-state index in [-0.39, 0.29) is 0 Å². The number of fused-ring (bicyclic) bond motifs is 1. The first-order chi connectivity index (χ1) is 8.83. The van der Waals surface area contributed by atoms with E-state index in [0.29, 0.717) is 5.92 Å². The SMILES string of the molecule is CC1CCCN(CC2CNCc3ccccc32)C1. The molecule has 2 aliphatic heterocycles. The van der Waals surface area contributed by atoms with Gasteiger partial charge in [0.15, 0.2) is 0 Å². The van der Waals surface area contributed by atoms with E-state index in [1.54, 1.807) is 5.56 Å². The molecule has 1 aromatic rings. The van der Waals surface area contributed by atoms with Crippen LogP contribution in [-0.2, 0) is 6.54 Å². The van der Waals surface area contributed by atoms with Gasteiger partial charge in [-0.3, -0.25) is 0 Å². The van der Waals surface area contributed by atoms with Crippen LogP contribution in [-0.4, -0.2) is 31.1 Å². The first-order valence-electron chi connectivity index (χ1n) is 7.34. The molecule has 2 unspecified atom stereocenters. The fourth-order valence-electron chi connectivity index (χ4n) is 3.51. The molecular formula is C16H24N2. The highest BCUT2D eigenvalue weighted by Gasteiger charge is 2.24. The molecular weight excluding hydrogens is 220 g/mol. The van der Waals surface area contributed by atoms with E-state index in [9.17, 15) is 0 Å². The predicted molar refractivity (Wildman–Crippen MR) is 75.7 cm³/mol. The molecule has 1 saturated heterocycles. The Hall–Kier alpha value is -0.860. The van der Waals surface area contributed by atoms with Crippen LogP contribution in [0.4, 0.5) is 0 Å². The molecule has 3 rings (SSSR count). The molecule has 2 heterocycles. The molecule has 0 aromatic heterocycles. The third kappa shape index (κ3) is 2.60. The lowest BCUT2D eigenvalue weighted by atomic mass is 9.89. The van der Waals surface area contributed by atoms with Crippen LogP contribution < -0.4 is 5.32 Å². The van der Waals surface area contributed by atoms with Gasteiger partial charge in [-0.25, -0.2) is 0 Å². The van der Waals surface area contributed by atoms with Crippen molar-refractivity contribution in [3.05, 3.63) is 35.4 Å². The van der Waals surface area contributed by atoms with Crippen molar-refractivity contribution in [3.8, 4) is 0 Å². The van der Waals surface area contributed by atoms with Crippen molar-refractivity contribution in [2.75, 3.05) is 26.2 Å². The first-order valence-corrected chi connectivity index (χ1v) is 7.34. The second kappa shape index (κ2) is 5.41. The smallest absolute Gasteiger partial charge is 0.0208 e. The van der Waals surface area contributed by atoms with E-state index < -0.39 is 0 Å². The molecule has 0 spiro atoms. The zero-order valence-electron chi connectivity index (χ0n) is 11.4. The van der Waals surface area contributed by atoms with E-state index in [1.165, 1.54) is 38.0 Å². The van der Waals surface area contributed by atoms with E-state index >= 15 is 0 Å². The summed E-state index contributed by atoms with van der Waals surface area (Å²) in [5, 5.41) is 3.57. The van der Waals surface area contributed by atoms with Gasteiger partial charge < -0.3 is 10.2 Å². The minimum Gasteiger partial charge on any atom is -0.312 e. The van der Waals surface area contributed by atoms with Gasteiger partial charge in [0.05, 0.1) is 0 Å². The largest absolute Gasteiger partial charge is 0.312 e. The summed E-state index contributed by atoms with van der Waals surface area (Å²) < 4.78 is 0. The summed E-state index contributed by atoms with van der Waals surface area (Å²) in [5.74, 6) is 1.56. The van der Waals surface area contributed by atoms with E-state index in [1.807, 2.05) is 0 Å². The minimum absolute atomic E-state index is 0.681. The molecule has 2 heteroatoms. The molecule has 2 nitrogen and oxygen atoms in total. The molecule has 18 heavy (non-hydrogen) atoms. The Kier molecular flexibility index (Phi) is 3.67.